The predicted molar refractivity (Wildman–Crippen MR) is 89.9 cm³/mol. The fraction of sp³-hybridized carbons (Fsp3) is 0.562. The third-order valence-electron chi connectivity index (χ3n) is 3.71. The molecule has 0 radical (unpaired) electrons. The molecule has 8 heteroatoms. The van der Waals surface area contributed by atoms with Gasteiger partial charge in [-0.2, -0.15) is 0 Å². The third-order valence-corrected chi connectivity index (χ3v) is 4.72. The minimum atomic E-state index is -1.07. The lowest BCUT2D eigenvalue weighted by molar-refractivity contribution is -0.136. The zero-order valence-corrected chi connectivity index (χ0v) is 14.8. The van der Waals surface area contributed by atoms with Gasteiger partial charge < -0.3 is 19.7 Å². The molecule has 2 heterocycles. The van der Waals surface area contributed by atoms with Gasteiger partial charge >= 0.3 is 5.97 Å². The molecule has 2 rings (SSSR count). The number of aryl methyl sites for hydroxylation is 1. The normalized spacial score (nSPS) is 17.3. The van der Waals surface area contributed by atoms with Crippen molar-refractivity contribution in [3.05, 3.63) is 23.2 Å². The van der Waals surface area contributed by atoms with Gasteiger partial charge in [0, 0.05) is 17.9 Å². The van der Waals surface area contributed by atoms with Crippen LogP contribution in [-0.4, -0.2) is 52.0 Å². The van der Waals surface area contributed by atoms with E-state index in [-0.39, 0.29) is 29.6 Å². The SMILES string of the molecule is Cc1coc(CC(=O)O)c1C(=O)N1CSCC1C(=O)NCC(C)C. The van der Waals surface area contributed by atoms with Crippen molar-refractivity contribution in [2.45, 2.75) is 33.2 Å². The van der Waals surface area contributed by atoms with Crippen molar-refractivity contribution in [3.8, 4) is 0 Å². The molecule has 1 saturated heterocycles. The topological polar surface area (TPSA) is 99.8 Å². The molecule has 1 aromatic rings. The van der Waals surface area contributed by atoms with Gasteiger partial charge in [0.2, 0.25) is 5.91 Å². The second kappa shape index (κ2) is 7.74. The number of hydrogen-bond donors (Lipinski definition) is 2. The highest BCUT2D eigenvalue weighted by Gasteiger charge is 2.37. The lowest BCUT2D eigenvalue weighted by Gasteiger charge is -2.23. The maximum atomic E-state index is 12.9. The Labute approximate surface area is 144 Å². The van der Waals surface area contributed by atoms with Crippen molar-refractivity contribution in [1.29, 1.82) is 0 Å². The van der Waals surface area contributed by atoms with Gasteiger partial charge in [0.05, 0.1) is 17.7 Å². The number of hydrogen-bond acceptors (Lipinski definition) is 5. The van der Waals surface area contributed by atoms with Crippen LogP contribution in [-0.2, 0) is 16.0 Å². The van der Waals surface area contributed by atoms with Crippen LogP contribution in [0.2, 0.25) is 0 Å². The number of carboxylic acid groups (broad SMARTS) is 1. The summed E-state index contributed by atoms with van der Waals surface area (Å²) in [6, 6.07) is -0.548. The van der Waals surface area contributed by atoms with E-state index in [1.807, 2.05) is 13.8 Å². The largest absolute Gasteiger partial charge is 0.481 e. The highest BCUT2D eigenvalue weighted by molar-refractivity contribution is 7.99. The molecule has 0 saturated carbocycles. The molecule has 1 fully saturated rings. The summed E-state index contributed by atoms with van der Waals surface area (Å²) in [6.07, 6.45) is 1.02. The summed E-state index contributed by atoms with van der Waals surface area (Å²) in [6.45, 7) is 6.25. The Kier molecular flexibility index (Phi) is 5.93. The van der Waals surface area contributed by atoms with Crippen LogP contribution in [0.3, 0.4) is 0 Å². The van der Waals surface area contributed by atoms with E-state index in [9.17, 15) is 14.4 Å². The fourth-order valence-corrected chi connectivity index (χ4v) is 3.63. The zero-order chi connectivity index (χ0) is 17.9. The Hall–Kier alpha value is -1.96. The van der Waals surface area contributed by atoms with Crippen LogP contribution >= 0.6 is 11.8 Å². The number of aliphatic carboxylic acids is 1. The standard InChI is InChI=1S/C16H22N2O5S/c1-9(2)5-17-15(21)11-7-24-8-18(11)16(22)14-10(3)6-23-12(14)4-13(19)20/h6,9,11H,4-5,7-8H2,1-3H3,(H,17,21)(H,19,20). The van der Waals surface area contributed by atoms with Gasteiger partial charge in [-0.1, -0.05) is 13.8 Å². The first-order valence-corrected chi connectivity index (χ1v) is 8.92. The Morgan fingerprint density at radius 3 is 2.79 bits per heavy atom. The molecule has 0 aliphatic carbocycles. The molecule has 7 nitrogen and oxygen atoms in total. The zero-order valence-electron chi connectivity index (χ0n) is 14.0. The fourth-order valence-electron chi connectivity index (χ4n) is 2.48. The number of furan rings is 1. The minimum absolute atomic E-state index is 0.128. The van der Waals surface area contributed by atoms with E-state index in [1.165, 1.54) is 22.9 Å². The maximum absolute atomic E-state index is 12.9. The van der Waals surface area contributed by atoms with Gasteiger partial charge in [-0.05, 0) is 12.8 Å². The summed E-state index contributed by atoms with van der Waals surface area (Å²) in [5.41, 5.74) is 0.830. The highest BCUT2D eigenvalue weighted by Crippen LogP contribution is 2.27. The molecule has 2 N–H and O–H groups in total. The average Bonchev–Trinajstić information content (AvgIpc) is 3.11. The van der Waals surface area contributed by atoms with Crippen LogP contribution in [0, 0.1) is 12.8 Å². The van der Waals surface area contributed by atoms with Crippen molar-refractivity contribution in [1.82, 2.24) is 10.2 Å². The summed E-state index contributed by atoms with van der Waals surface area (Å²) in [7, 11) is 0. The maximum Gasteiger partial charge on any atom is 0.311 e. The number of nitrogens with one attached hydrogen (secondary N) is 1. The molecule has 24 heavy (non-hydrogen) atoms. The van der Waals surface area contributed by atoms with Gasteiger partial charge in [0.25, 0.3) is 5.91 Å². The average molecular weight is 354 g/mol. The van der Waals surface area contributed by atoms with Gasteiger partial charge in [-0.3, -0.25) is 14.4 Å². The summed E-state index contributed by atoms with van der Waals surface area (Å²) in [5, 5.41) is 11.8. The number of thioether (sulfide) groups is 1. The van der Waals surface area contributed by atoms with Gasteiger partial charge in [0.15, 0.2) is 0 Å². The van der Waals surface area contributed by atoms with E-state index in [4.69, 9.17) is 9.52 Å². The second-order valence-electron chi connectivity index (χ2n) is 6.22. The number of carbonyl (C=O) groups is 3. The van der Waals surface area contributed by atoms with Gasteiger partial charge in [-0.15, -0.1) is 11.8 Å². The van der Waals surface area contributed by atoms with Crippen LogP contribution in [0.1, 0.15) is 35.5 Å². The van der Waals surface area contributed by atoms with Gasteiger partial charge in [-0.25, -0.2) is 0 Å². The van der Waals surface area contributed by atoms with E-state index in [0.29, 0.717) is 29.7 Å². The molecule has 2 amide bonds. The molecule has 1 aliphatic rings. The smallest absolute Gasteiger partial charge is 0.311 e. The third kappa shape index (κ3) is 4.11. The van der Waals surface area contributed by atoms with Crippen molar-refractivity contribution in [2.75, 3.05) is 18.2 Å². The van der Waals surface area contributed by atoms with Crippen LogP contribution in [0.15, 0.2) is 10.7 Å². The minimum Gasteiger partial charge on any atom is -0.481 e. The van der Waals surface area contributed by atoms with Crippen molar-refractivity contribution in [3.63, 3.8) is 0 Å². The van der Waals surface area contributed by atoms with Crippen molar-refractivity contribution in [2.24, 2.45) is 5.92 Å². The molecular weight excluding hydrogens is 332 g/mol. The molecule has 1 atom stereocenters. The first-order valence-electron chi connectivity index (χ1n) is 7.76. The summed E-state index contributed by atoms with van der Waals surface area (Å²) in [5.74, 6) is -0.222. The molecule has 132 valence electrons. The van der Waals surface area contributed by atoms with Crippen molar-refractivity contribution >= 4 is 29.5 Å². The first-order chi connectivity index (χ1) is 11.3. The first kappa shape index (κ1) is 18.4. The highest BCUT2D eigenvalue weighted by atomic mass is 32.2. The monoisotopic (exact) mass is 354 g/mol. The van der Waals surface area contributed by atoms with Crippen LogP contribution in [0.5, 0.6) is 0 Å². The van der Waals surface area contributed by atoms with Crippen LogP contribution in [0.25, 0.3) is 0 Å². The van der Waals surface area contributed by atoms with E-state index in [2.05, 4.69) is 5.32 Å². The number of carboxylic acids is 1. The Balaban J connectivity index is 2.18. The van der Waals surface area contributed by atoms with Crippen LogP contribution in [0.4, 0.5) is 0 Å². The number of rotatable bonds is 6. The summed E-state index contributed by atoms with van der Waals surface area (Å²) in [4.78, 5) is 37.6. The second-order valence-corrected chi connectivity index (χ2v) is 7.22. The molecule has 0 aromatic carbocycles. The van der Waals surface area contributed by atoms with E-state index >= 15 is 0 Å². The quantitative estimate of drug-likeness (QED) is 0.803. The molecule has 1 aromatic heterocycles. The number of carbonyl (C=O) groups excluding carboxylic acids is 2. The Morgan fingerprint density at radius 2 is 2.17 bits per heavy atom. The van der Waals surface area contributed by atoms with E-state index in [0.717, 1.165) is 0 Å². The molecular formula is C16H22N2O5S. The van der Waals surface area contributed by atoms with Crippen LogP contribution < -0.4 is 5.32 Å². The Bertz CT molecular complexity index is 640. The lowest BCUT2D eigenvalue weighted by Crippen LogP contribution is -2.48. The van der Waals surface area contributed by atoms with Crippen molar-refractivity contribution < 1.29 is 23.9 Å². The summed E-state index contributed by atoms with van der Waals surface area (Å²) < 4.78 is 5.23. The van der Waals surface area contributed by atoms with E-state index < -0.39 is 12.0 Å². The lowest BCUT2D eigenvalue weighted by atomic mass is 10.1. The number of nitrogens with zero attached hydrogens (tertiary/aromatic N) is 1. The molecule has 0 spiro atoms. The summed E-state index contributed by atoms with van der Waals surface area (Å²) >= 11 is 1.50. The molecule has 1 aliphatic heterocycles. The van der Waals surface area contributed by atoms with E-state index in [1.54, 1.807) is 6.92 Å². The molecule has 1 unspecified atom stereocenters. The Morgan fingerprint density at radius 1 is 1.46 bits per heavy atom. The van der Waals surface area contributed by atoms with Gasteiger partial charge in [0.1, 0.15) is 18.2 Å². The predicted octanol–water partition coefficient (Wildman–Crippen LogP) is 1.50. The number of amides is 2. The molecule has 0 bridgehead atoms.